The standard InChI is InChI=1S/C17H22N2O4/c1-11(2)12(18-16(20)15-8-5-9-22-15)10-19-13-6-3-4-7-14(13)23-17(19)21/h3-4,6-7,11-12,15H,5,8-10H2,1-2H3,(H,18,20)/t12-,15-/m1/s1. The zero-order valence-electron chi connectivity index (χ0n) is 13.5. The molecular weight excluding hydrogens is 296 g/mol. The van der Waals surface area contributed by atoms with Crippen LogP contribution in [0.4, 0.5) is 0 Å². The first-order valence-corrected chi connectivity index (χ1v) is 8.06. The number of rotatable bonds is 5. The largest absolute Gasteiger partial charge is 0.420 e. The highest BCUT2D eigenvalue weighted by Gasteiger charge is 2.27. The van der Waals surface area contributed by atoms with E-state index in [1.807, 2.05) is 32.0 Å². The highest BCUT2D eigenvalue weighted by Crippen LogP contribution is 2.16. The van der Waals surface area contributed by atoms with Gasteiger partial charge in [0, 0.05) is 19.2 Å². The molecule has 2 aromatic rings. The Labute approximate surface area is 134 Å². The van der Waals surface area contributed by atoms with Crippen LogP contribution in [0, 0.1) is 5.92 Å². The Morgan fingerprint density at radius 3 is 2.87 bits per heavy atom. The van der Waals surface area contributed by atoms with E-state index in [1.54, 1.807) is 10.6 Å². The molecule has 2 heterocycles. The number of nitrogens with one attached hydrogen (secondary N) is 1. The third-order valence-corrected chi connectivity index (χ3v) is 4.31. The van der Waals surface area contributed by atoms with Crippen LogP contribution in [0.5, 0.6) is 0 Å². The van der Waals surface area contributed by atoms with Crippen LogP contribution in [0.25, 0.3) is 11.1 Å². The number of hydrogen-bond donors (Lipinski definition) is 1. The Morgan fingerprint density at radius 2 is 2.17 bits per heavy atom. The van der Waals surface area contributed by atoms with Gasteiger partial charge in [-0.25, -0.2) is 4.79 Å². The highest BCUT2D eigenvalue weighted by atomic mass is 16.5. The molecule has 3 rings (SSSR count). The first kappa shape index (κ1) is 15.8. The maximum atomic E-state index is 12.3. The van der Waals surface area contributed by atoms with E-state index in [4.69, 9.17) is 9.15 Å². The van der Waals surface area contributed by atoms with Crippen LogP contribution in [0.15, 0.2) is 33.5 Å². The molecule has 124 valence electrons. The molecule has 1 aliphatic rings. The Bertz CT molecular complexity index is 740. The summed E-state index contributed by atoms with van der Waals surface area (Å²) < 4.78 is 12.3. The van der Waals surface area contributed by atoms with Gasteiger partial charge in [-0.05, 0) is 30.9 Å². The summed E-state index contributed by atoms with van der Waals surface area (Å²) in [4.78, 5) is 24.4. The summed E-state index contributed by atoms with van der Waals surface area (Å²) in [6.07, 6.45) is 1.30. The SMILES string of the molecule is CC(C)[C@@H](Cn1c(=O)oc2ccccc21)NC(=O)[C@H]1CCCO1. The maximum Gasteiger partial charge on any atom is 0.420 e. The predicted molar refractivity (Wildman–Crippen MR) is 86.2 cm³/mol. The van der Waals surface area contributed by atoms with Crippen molar-refractivity contribution >= 4 is 17.0 Å². The molecule has 23 heavy (non-hydrogen) atoms. The quantitative estimate of drug-likeness (QED) is 0.914. The fourth-order valence-electron chi connectivity index (χ4n) is 2.87. The van der Waals surface area contributed by atoms with Gasteiger partial charge in [0.15, 0.2) is 5.58 Å². The van der Waals surface area contributed by atoms with Gasteiger partial charge in [-0.15, -0.1) is 0 Å². The second-order valence-electron chi connectivity index (χ2n) is 6.31. The van der Waals surface area contributed by atoms with Crippen LogP contribution in [-0.4, -0.2) is 29.2 Å². The van der Waals surface area contributed by atoms with Gasteiger partial charge in [0.25, 0.3) is 0 Å². The van der Waals surface area contributed by atoms with Gasteiger partial charge >= 0.3 is 5.76 Å². The molecule has 0 aliphatic carbocycles. The highest BCUT2D eigenvalue weighted by molar-refractivity contribution is 5.81. The molecule has 0 bridgehead atoms. The van der Waals surface area contributed by atoms with Crippen molar-refractivity contribution in [1.29, 1.82) is 0 Å². The van der Waals surface area contributed by atoms with Crippen molar-refractivity contribution in [1.82, 2.24) is 9.88 Å². The summed E-state index contributed by atoms with van der Waals surface area (Å²) in [5.74, 6) is -0.314. The summed E-state index contributed by atoms with van der Waals surface area (Å²) in [6.45, 7) is 5.06. The average Bonchev–Trinajstić information content (AvgIpc) is 3.15. The first-order valence-electron chi connectivity index (χ1n) is 8.06. The van der Waals surface area contributed by atoms with Gasteiger partial charge < -0.3 is 14.5 Å². The molecular formula is C17H22N2O4. The van der Waals surface area contributed by atoms with E-state index in [0.717, 1.165) is 18.4 Å². The lowest BCUT2D eigenvalue weighted by molar-refractivity contribution is -0.131. The molecule has 1 aromatic carbocycles. The van der Waals surface area contributed by atoms with Crippen LogP contribution >= 0.6 is 0 Å². The summed E-state index contributed by atoms with van der Waals surface area (Å²) in [7, 11) is 0. The molecule has 1 saturated heterocycles. The second-order valence-corrected chi connectivity index (χ2v) is 6.31. The number of fused-ring (bicyclic) bond motifs is 1. The van der Waals surface area contributed by atoms with Crippen molar-refractivity contribution in [3.63, 3.8) is 0 Å². The lowest BCUT2D eigenvalue weighted by Gasteiger charge is -2.24. The van der Waals surface area contributed by atoms with E-state index in [9.17, 15) is 9.59 Å². The number of para-hydroxylation sites is 2. The van der Waals surface area contributed by atoms with Crippen molar-refractivity contribution in [2.45, 2.75) is 45.4 Å². The van der Waals surface area contributed by atoms with Gasteiger partial charge in [-0.1, -0.05) is 26.0 Å². The van der Waals surface area contributed by atoms with Crippen LogP contribution in [0.2, 0.25) is 0 Å². The minimum absolute atomic E-state index is 0.0953. The number of carbonyl (C=O) groups excluding carboxylic acids is 1. The predicted octanol–water partition coefficient (Wildman–Crippen LogP) is 1.91. The summed E-state index contributed by atoms with van der Waals surface area (Å²) in [5.41, 5.74) is 1.31. The van der Waals surface area contributed by atoms with Crippen LogP contribution in [0.1, 0.15) is 26.7 Å². The number of hydrogen-bond acceptors (Lipinski definition) is 4. The van der Waals surface area contributed by atoms with Crippen LogP contribution < -0.4 is 11.1 Å². The van der Waals surface area contributed by atoms with Crippen molar-refractivity contribution in [3.8, 4) is 0 Å². The number of aromatic nitrogens is 1. The monoisotopic (exact) mass is 318 g/mol. The molecule has 0 radical (unpaired) electrons. The number of nitrogens with zero attached hydrogens (tertiary/aromatic N) is 1. The average molecular weight is 318 g/mol. The van der Waals surface area contributed by atoms with E-state index < -0.39 is 5.76 Å². The fourth-order valence-corrected chi connectivity index (χ4v) is 2.87. The molecule has 1 amide bonds. The molecule has 0 unspecified atom stereocenters. The molecule has 1 aromatic heterocycles. The first-order chi connectivity index (χ1) is 11.1. The minimum atomic E-state index is -0.400. The van der Waals surface area contributed by atoms with E-state index >= 15 is 0 Å². The van der Waals surface area contributed by atoms with Crippen molar-refractivity contribution in [3.05, 3.63) is 34.8 Å². The Morgan fingerprint density at radius 1 is 1.39 bits per heavy atom. The number of benzene rings is 1. The molecule has 6 heteroatoms. The minimum Gasteiger partial charge on any atom is -0.408 e. The Balaban J connectivity index is 1.80. The van der Waals surface area contributed by atoms with E-state index in [0.29, 0.717) is 18.7 Å². The molecule has 0 saturated carbocycles. The third-order valence-electron chi connectivity index (χ3n) is 4.31. The smallest absolute Gasteiger partial charge is 0.408 e. The zero-order valence-corrected chi connectivity index (χ0v) is 13.5. The van der Waals surface area contributed by atoms with Crippen molar-refractivity contribution < 1.29 is 13.9 Å². The zero-order chi connectivity index (χ0) is 16.4. The van der Waals surface area contributed by atoms with Gasteiger partial charge in [0.05, 0.1) is 5.52 Å². The maximum absolute atomic E-state index is 12.3. The Hall–Kier alpha value is -2.08. The summed E-state index contributed by atoms with van der Waals surface area (Å²) in [6, 6.07) is 7.14. The number of amides is 1. The fraction of sp³-hybridized carbons (Fsp3) is 0.529. The molecule has 1 N–H and O–H groups in total. The summed E-state index contributed by atoms with van der Waals surface area (Å²) >= 11 is 0. The van der Waals surface area contributed by atoms with E-state index in [2.05, 4.69) is 5.32 Å². The topological polar surface area (TPSA) is 73.5 Å². The number of carbonyl (C=O) groups is 1. The molecule has 2 atom stereocenters. The molecule has 1 aliphatic heterocycles. The van der Waals surface area contributed by atoms with Gasteiger partial charge in [0.2, 0.25) is 5.91 Å². The summed E-state index contributed by atoms with van der Waals surface area (Å²) in [5, 5.41) is 3.02. The molecule has 1 fully saturated rings. The Kier molecular flexibility index (Phi) is 4.52. The van der Waals surface area contributed by atoms with Crippen molar-refractivity contribution in [2.75, 3.05) is 6.61 Å². The molecule has 0 spiro atoms. The number of ether oxygens (including phenoxy) is 1. The van der Waals surface area contributed by atoms with Gasteiger partial charge in [-0.3, -0.25) is 9.36 Å². The van der Waals surface area contributed by atoms with Gasteiger partial charge in [-0.2, -0.15) is 0 Å². The van der Waals surface area contributed by atoms with E-state index in [1.165, 1.54) is 0 Å². The van der Waals surface area contributed by atoms with Crippen LogP contribution in [-0.2, 0) is 16.1 Å². The van der Waals surface area contributed by atoms with Crippen molar-refractivity contribution in [2.24, 2.45) is 5.92 Å². The lowest BCUT2D eigenvalue weighted by Crippen LogP contribution is -2.46. The van der Waals surface area contributed by atoms with Crippen LogP contribution in [0.3, 0.4) is 0 Å². The van der Waals surface area contributed by atoms with Gasteiger partial charge in [0.1, 0.15) is 6.10 Å². The second kappa shape index (κ2) is 6.58. The normalized spacial score (nSPS) is 19.3. The molecule has 6 nitrogen and oxygen atoms in total. The number of oxazole rings is 1. The third kappa shape index (κ3) is 3.32. The van der Waals surface area contributed by atoms with E-state index in [-0.39, 0.29) is 24.0 Å². The lowest BCUT2D eigenvalue weighted by atomic mass is 10.0.